The number of methoxy groups -OCH3 is 1. The summed E-state index contributed by atoms with van der Waals surface area (Å²) < 4.78 is 7.38. The maximum Gasteiger partial charge on any atom is 0.191 e. The summed E-state index contributed by atoms with van der Waals surface area (Å²) in [5.41, 5.74) is 1.15. The monoisotopic (exact) mass is 470 g/mol. The van der Waals surface area contributed by atoms with E-state index in [1.54, 1.807) is 20.4 Å². The second kappa shape index (κ2) is 10.2. The van der Waals surface area contributed by atoms with Gasteiger partial charge in [-0.25, -0.2) is 0 Å². The summed E-state index contributed by atoms with van der Waals surface area (Å²) in [6.07, 6.45) is 4.82. The number of nitrogens with one attached hydrogen (secondary N) is 2. The van der Waals surface area contributed by atoms with Gasteiger partial charge in [0.2, 0.25) is 0 Å². The predicted octanol–water partition coefficient (Wildman–Crippen LogP) is 1.95. The van der Waals surface area contributed by atoms with Crippen LogP contribution in [0.4, 0.5) is 5.69 Å². The molecule has 26 heavy (non-hydrogen) atoms. The standard InChI is InChI=1S/C18H26N6O.HI/c1-19-18(20-10-13-24-11-5-9-21-24)22-15-8-12-23(14-15)16-6-3-4-7-17(16)25-2;/h3-7,9,11,15H,8,10,12-14H2,1-2H3,(H2,19,20,22);1H. The number of benzene rings is 1. The van der Waals surface area contributed by atoms with E-state index in [0.29, 0.717) is 6.04 Å². The molecule has 0 aliphatic carbocycles. The van der Waals surface area contributed by atoms with E-state index in [4.69, 9.17) is 4.74 Å². The molecule has 0 saturated carbocycles. The average Bonchev–Trinajstić information content (AvgIpc) is 3.32. The van der Waals surface area contributed by atoms with Crippen LogP contribution in [0.15, 0.2) is 47.7 Å². The average molecular weight is 470 g/mol. The largest absolute Gasteiger partial charge is 0.495 e. The molecule has 1 atom stereocenters. The number of ether oxygens (including phenoxy) is 1. The van der Waals surface area contributed by atoms with Crippen molar-refractivity contribution < 1.29 is 4.74 Å². The van der Waals surface area contributed by atoms with Crippen LogP contribution in [0.2, 0.25) is 0 Å². The van der Waals surface area contributed by atoms with Crippen LogP contribution < -0.4 is 20.3 Å². The highest BCUT2D eigenvalue weighted by Crippen LogP contribution is 2.30. The molecule has 1 aromatic carbocycles. The van der Waals surface area contributed by atoms with Gasteiger partial charge in [0.1, 0.15) is 5.75 Å². The highest BCUT2D eigenvalue weighted by molar-refractivity contribution is 14.0. The first-order chi connectivity index (χ1) is 12.3. The molecule has 0 radical (unpaired) electrons. The summed E-state index contributed by atoms with van der Waals surface area (Å²) in [4.78, 5) is 6.68. The number of para-hydroxylation sites is 2. The van der Waals surface area contributed by atoms with E-state index >= 15 is 0 Å². The van der Waals surface area contributed by atoms with Crippen LogP contribution in [-0.4, -0.2) is 55.6 Å². The molecule has 0 bridgehead atoms. The molecular formula is C18H27IN6O. The highest BCUT2D eigenvalue weighted by atomic mass is 127. The SMILES string of the molecule is CN=C(NCCn1cccn1)NC1CCN(c2ccccc2OC)C1.I. The molecule has 0 amide bonds. The summed E-state index contributed by atoms with van der Waals surface area (Å²) in [6, 6.07) is 10.5. The van der Waals surface area contributed by atoms with Gasteiger partial charge in [0, 0.05) is 45.1 Å². The molecule has 7 nitrogen and oxygen atoms in total. The third-order valence-corrected chi connectivity index (χ3v) is 4.37. The lowest BCUT2D eigenvalue weighted by molar-refractivity contribution is 0.415. The van der Waals surface area contributed by atoms with Crippen molar-refractivity contribution >= 4 is 35.6 Å². The fraction of sp³-hybridized carbons (Fsp3) is 0.444. The third-order valence-electron chi connectivity index (χ3n) is 4.37. The van der Waals surface area contributed by atoms with E-state index in [2.05, 4.69) is 31.7 Å². The fourth-order valence-electron chi connectivity index (χ4n) is 3.10. The summed E-state index contributed by atoms with van der Waals surface area (Å²) in [6.45, 7) is 3.53. The zero-order chi connectivity index (χ0) is 17.5. The van der Waals surface area contributed by atoms with Gasteiger partial charge in [0.15, 0.2) is 5.96 Å². The molecule has 3 rings (SSSR count). The number of aromatic nitrogens is 2. The lowest BCUT2D eigenvalue weighted by Crippen LogP contribution is -2.45. The van der Waals surface area contributed by atoms with Gasteiger partial charge in [-0.3, -0.25) is 9.67 Å². The smallest absolute Gasteiger partial charge is 0.191 e. The number of anilines is 1. The van der Waals surface area contributed by atoms with E-state index in [1.165, 1.54) is 0 Å². The van der Waals surface area contributed by atoms with Crippen LogP contribution >= 0.6 is 24.0 Å². The van der Waals surface area contributed by atoms with Crippen LogP contribution in [-0.2, 0) is 6.54 Å². The molecule has 142 valence electrons. The molecule has 1 fully saturated rings. The topological polar surface area (TPSA) is 66.7 Å². The van der Waals surface area contributed by atoms with Gasteiger partial charge in [0.25, 0.3) is 0 Å². The predicted molar refractivity (Wildman–Crippen MR) is 116 cm³/mol. The fourth-order valence-corrected chi connectivity index (χ4v) is 3.10. The first-order valence-electron chi connectivity index (χ1n) is 8.62. The zero-order valence-electron chi connectivity index (χ0n) is 15.3. The van der Waals surface area contributed by atoms with E-state index in [-0.39, 0.29) is 24.0 Å². The molecule has 1 aliphatic heterocycles. The van der Waals surface area contributed by atoms with Crippen molar-refractivity contribution in [2.45, 2.75) is 19.0 Å². The Labute approximate surface area is 171 Å². The Hall–Kier alpha value is -1.97. The van der Waals surface area contributed by atoms with E-state index in [9.17, 15) is 0 Å². The van der Waals surface area contributed by atoms with Crippen molar-refractivity contribution in [2.75, 3.05) is 38.7 Å². The molecule has 1 aromatic heterocycles. The van der Waals surface area contributed by atoms with E-state index in [1.807, 2.05) is 35.1 Å². The van der Waals surface area contributed by atoms with Crippen LogP contribution in [0.3, 0.4) is 0 Å². The van der Waals surface area contributed by atoms with Crippen molar-refractivity contribution in [2.24, 2.45) is 4.99 Å². The number of hydrogen-bond donors (Lipinski definition) is 2. The number of rotatable bonds is 6. The molecule has 2 aromatic rings. The molecule has 1 aliphatic rings. The first-order valence-corrected chi connectivity index (χ1v) is 8.62. The molecule has 1 unspecified atom stereocenters. The zero-order valence-corrected chi connectivity index (χ0v) is 17.6. The quantitative estimate of drug-likeness (QED) is 0.384. The minimum absolute atomic E-state index is 0. The Kier molecular flexibility index (Phi) is 8.02. The first kappa shape index (κ1) is 20.3. The molecule has 2 N–H and O–H groups in total. The lowest BCUT2D eigenvalue weighted by atomic mass is 10.2. The van der Waals surface area contributed by atoms with Gasteiger partial charge in [-0.2, -0.15) is 5.10 Å². The molecule has 8 heteroatoms. The number of halogens is 1. The van der Waals surface area contributed by atoms with Gasteiger partial charge in [0.05, 0.1) is 19.3 Å². The van der Waals surface area contributed by atoms with Crippen molar-refractivity contribution in [3.63, 3.8) is 0 Å². The van der Waals surface area contributed by atoms with Gasteiger partial charge >= 0.3 is 0 Å². The van der Waals surface area contributed by atoms with E-state index < -0.39 is 0 Å². The summed E-state index contributed by atoms with van der Waals surface area (Å²) in [7, 11) is 3.52. The van der Waals surface area contributed by atoms with Crippen LogP contribution in [0.25, 0.3) is 0 Å². The van der Waals surface area contributed by atoms with Gasteiger partial charge in [-0.1, -0.05) is 12.1 Å². The normalized spacial score (nSPS) is 16.9. The van der Waals surface area contributed by atoms with Gasteiger partial charge in [-0.15, -0.1) is 24.0 Å². The van der Waals surface area contributed by atoms with Crippen molar-refractivity contribution in [1.82, 2.24) is 20.4 Å². The molecule has 0 spiro atoms. The molecule has 1 saturated heterocycles. The maximum atomic E-state index is 5.48. The second-order valence-electron chi connectivity index (χ2n) is 6.02. The summed E-state index contributed by atoms with van der Waals surface area (Å²) in [5, 5.41) is 11.1. The van der Waals surface area contributed by atoms with Crippen molar-refractivity contribution in [3.8, 4) is 5.75 Å². The Balaban J connectivity index is 0.00000243. The molecular weight excluding hydrogens is 443 g/mol. The van der Waals surface area contributed by atoms with Crippen LogP contribution in [0, 0.1) is 0 Å². The summed E-state index contributed by atoms with van der Waals surface area (Å²) >= 11 is 0. The summed E-state index contributed by atoms with van der Waals surface area (Å²) in [5.74, 6) is 1.75. The Morgan fingerprint density at radius 2 is 2.19 bits per heavy atom. The minimum Gasteiger partial charge on any atom is -0.495 e. The van der Waals surface area contributed by atoms with E-state index in [0.717, 1.165) is 50.0 Å². The van der Waals surface area contributed by atoms with Crippen LogP contribution in [0.5, 0.6) is 5.75 Å². The van der Waals surface area contributed by atoms with Crippen molar-refractivity contribution in [3.05, 3.63) is 42.7 Å². The second-order valence-corrected chi connectivity index (χ2v) is 6.02. The number of nitrogens with zero attached hydrogens (tertiary/aromatic N) is 4. The number of guanidine groups is 1. The minimum atomic E-state index is 0. The lowest BCUT2D eigenvalue weighted by Gasteiger charge is -2.22. The highest BCUT2D eigenvalue weighted by Gasteiger charge is 2.25. The number of aliphatic imine (C=N–C) groups is 1. The molecule has 2 heterocycles. The Morgan fingerprint density at radius 1 is 1.35 bits per heavy atom. The van der Waals surface area contributed by atoms with Crippen LogP contribution in [0.1, 0.15) is 6.42 Å². The Bertz CT molecular complexity index is 691. The maximum absolute atomic E-state index is 5.48. The van der Waals surface area contributed by atoms with Gasteiger partial charge in [-0.05, 0) is 24.6 Å². The Morgan fingerprint density at radius 3 is 2.92 bits per heavy atom. The number of hydrogen-bond acceptors (Lipinski definition) is 4. The third kappa shape index (κ3) is 5.26. The van der Waals surface area contributed by atoms with Crippen molar-refractivity contribution in [1.29, 1.82) is 0 Å². The van der Waals surface area contributed by atoms with Gasteiger partial charge < -0.3 is 20.3 Å².